The number of carbonyl (C=O) groups excluding carboxylic acids is 1. The van der Waals surface area contributed by atoms with Crippen molar-refractivity contribution in [3.63, 3.8) is 0 Å². The molecule has 0 aliphatic rings. The average Bonchev–Trinajstić information content (AvgIpc) is 3.39. The Morgan fingerprint density at radius 3 is 2.92 bits per heavy atom. The monoisotopic (exact) mass is 352 g/mol. The second-order valence-electron chi connectivity index (χ2n) is 5.76. The Balaban J connectivity index is 1.55. The van der Waals surface area contributed by atoms with Crippen molar-refractivity contribution in [2.75, 3.05) is 0 Å². The molecular weight excluding hydrogens is 336 g/mol. The van der Waals surface area contributed by atoms with E-state index in [4.69, 9.17) is 4.52 Å². The molecule has 1 atom stereocenters. The van der Waals surface area contributed by atoms with Gasteiger partial charge in [0.15, 0.2) is 17.3 Å². The van der Waals surface area contributed by atoms with Gasteiger partial charge in [-0.05, 0) is 32.0 Å². The summed E-state index contributed by atoms with van der Waals surface area (Å²) in [5, 5.41) is 19.1. The third-order valence-electron chi connectivity index (χ3n) is 3.99. The molecule has 0 aliphatic carbocycles. The van der Waals surface area contributed by atoms with Crippen LogP contribution in [0, 0.1) is 6.92 Å². The minimum Gasteiger partial charge on any atom is -0.347 e. The molecule has 4 rings (SSSR count). The van der Waals surface area contributed by atoms with Crippen LogP contribution in [0.3, 0.4) is 0 Å². The zero-order valence-corrected chi connectivity index (χ0v) is 14.2. The third kappa shape index (κ3) is 2.81. The molecule has 0 bridgehead atoms. The van der Waals surface area contributed by atoms with E-state index in [1.54, 1.807) is 41.4 Å². The van der Waals surface area contributed by atoms with Gasteiger partial charge >= 0.3 is 0 Å². The van der Waals surface area contributed by atoms with Gasteiger partial charge in [0, 0.05) is 18.6 Å². The first-order valence-electron chi connectivity index (χ1n) is 8.03. The first kappa shape index (κ1) is 15.9. The highest BCUT2D eigenvalue weighted by molar-refractivity contribution is 5.79. The van der Waals surface area contributed by atoms with Crippen molar-refractivity contribution in [2.45, 2.75) is 26.4 Å². The molecule has 1 N–H and O–H groups in total. The molecule has 10 nitrogen and oxygen atoms in total. The maximum Gasteiger partial charge on any atom is 0.261 e. The van der Waals surface area contributed by atoms with Gasteiger partial charge in [-0.3, -0.25) is 13.9 Å². The van der Waals surface area contributed by atoms with Crippen molar-refractivity contribution in [3.05, 3.63) is 48.4 Å². The minimum absolute atomic E-state index is 0.158. The lowest BCUT2D eigenvalue weighted by Gasteiger charge is -2.12. The Bertz CT molecular complexity index is 1050. The summed E-state index contributed by atoms with van der Waals surface area (Å²) in [4.78, 5) is 16.5. The molecule has 26 heavy (non-hydrogen) atoms. The van der Waals surface area contributed by atoms with Crippen LogP contribution >= 0.6 is 0 Å². The highest BCUT2D eigenvalue weighted by Crippen LogP contribution is 2.22. The summed E-state index contributed by atoms with van der Waals surface area (Å²) < 4.78 is 8.59. The first-order valence-corrected chi connectivity index (χ1v) is 8.03. The van der Waals surface area contributed by atoms with Crippen molar-refractivity contribution >= 4 is 11.6 Å². The second kappa shape index (κ2) is 6.39. The Morgan fingerprint density at radius 1 is 1.31 bits per heavy atom. The summed E-state index contributed by atoms with van der Waals surface area (Å²) in [7, 11) is 0. The van der Waals surface area contributed by atoms with Gasteiger partial charge in [-0.2, -0.15) is 10.1 Å². The Hall–Kier alpha value is -3.56. The van der Waals surface area contributed by atoms with E-state index in [0.717, 1.165) is 0 Å². The molecule has 0 saturated carbocycles. The van der Waals surface area contributed by atoms with Crippen LogP contribution in [0.15, 0.2) is 41.3 Å². The van der Waals surface area contributed by atoms with Crippen LogP contribution < -0.4 is 5.32 Å². The summed E-state index contributed by atoms with van der Waals surface area (Å²) in [6, 6.07) is 5.03. The summed E-state index contributed by atoms with van der Waals surface area (Å²) in [6.07, 6.45) is 5.20. The molecule has 4 aromatic rings. The van der Waals surface area contributed by atoms with Crippen molar-refractivity contribution in [1.82, 2.24) is 39.8 Å². The van der Waals surface area contributed by atoms with Gasteiger partial charge in [0.2, 0.25) is 5.91 Å². The predicted octanol–water partition coefficient (Wildman–Crippen LogP) is 1.16. The molecule has 0 radical (unpaired) electrons. The molecule has 1 amide bonds. The second-order valence-corrected chi connectivity index (χ2v) is 5.76. The van der Waals surface area contributed by atoms with E-state index in [2.05, 4.69) is 30.8 Å². The zero-order chi connectivity index (χ0) is 18.1. The molecule has 0 fully saturated rings. The lowest BCUT2D eigenvalue weighted by molar-refractivity contribution is -0.124. The van der Waals surface area contributed by atoms with E-state index >= 15 is 0 Å². The summed E-state index contributed by atoms with van der Waals surface area (Å²) in [6.45, 7) is 3.76. The summed E-state index contributed by atoms with van der Waals surface area (Å²) in [5.74, 6) is 1.36. The molecule has 4 aromatic heterocycles. The van der Waals surface area contributed by atoms with E-state index in [0.29, 0.717) is 28.8 Å². The third-order valence-corrected chi connectivity index (χ3v) is 3.99. The van der Waals surface area contributed by atoms with Gasteiger partial charge in [-0.1, -0.05) is 5.16 Å². The van der Waals surface area contributed by atoms with Crippen molar-refractivity contribution in [1.29, 1.82) is 0 Å². The van der Waals surface area contributed by atoms with Gasteiger partial charge in [0.1, 0.15) is 6.04 Å². The van der Waals surface area contributed by atoms with E-state index < -0.39 is 6.04 Å². The number of aryl methyl sites for hydroxylation is 1. The predicted molar refractivity (Wildman–Crippen MR) is 89.8 cm³/mol. The van der Waals surface area contributed by atoms with Crippen LogP contribution in [0.5, 0.6) is 0 Å². The fraction of sp³-hybridized carbons (Fsp3) is 0.250. The van der Waals surface area contributed by atoms with Crippen LogP contribution in [-0.4, -0.2) is 40.4 Å². The normalized spacial score (nSPS) is 12.4. The fourth-order valence-corrected chi connectivity index (χ4v) is 2.60. The van der Waals surface area contributed by atoms with Crippen LogP contribution in [0.25, 0.3) is 17.1 Å². The largest absolute Gasteiger partial charge is 0.347 e. The average molecular weight is 352 g/mol. The molecule has 0 saturated heterocycles. The molecule has 0 spiro atoms. The van der Waals surface area contributed by atoms with Crippen molar-refractivity contribution < 1.29 is 9.32 Å². The highest BCUT2D eigenvalue weighted by Gasteiger charge is 2.18. The van der Waals surface area contributed by atoms with E-state index in [1.165, 1.54) is 0 Å². The van der Waals surface area contributed by atoms with Gasteiger partial charge in [0.25, 0.3) is 5.89 Å². The van der Waals surface area contributed by atoms with E-state index in [9.17, 15) is 4.79 Å². The van der Waals surface area contributed by atoms with Crippen LogP contribution in [0.1, 0.15) is 24.6 Å². The topological polar surface area (TPSA) is 116 Å². The maximum atomic E-state index is 12.3. The van der Waals surface area contributed by atoms with Crippen molar-refractivity contribution in [2.24, 2.45) is 0 Å². The summed E-state index contributed by atoms with van der Waals surface area (Å²) >= 11 is 0. The number of hydrogen-bond acceptors (Lipinski definition) is 7. The fourth-order valence-electron chi connectivity index (χ4n) is 2.60. The molecule has 10 heteroatoms. The smallest absolute Gasteiger partial charge is 0.261 e. The maximum absolute atomic E-state index is 12.3. The first-order chi connectivity index (χ1) is 12.6. The van der Waals surface area contributed by atoms with Gasteiger partial charge in [0.05, 0.1) is 12.1 Å². The molecular formula is C16H16N8O2. The van der Waals surface area contributed by atoms with E-state index in [-0.39, 0.29) is 12.5 Å². The molecule has 0 aromatic carbocycles. The standard InChI is InChI=1S/C16H16N8O2/c1-10(24-8-4-6-18-24)15(25)17-9-13-20-21-14-12(5-3-7-23(13)14)16-19-11(2)22-26-16/h3-8,10H,9H2,1-2H3,(H,17,25)/t10-/m0/s1. The van der Waals surface area contributed by atoms with Crippen LogP contribution in [0.2, 0.25) is 0 Å². The molecule has 132 valence electrons. The molecule has 0 unspecified atom stereocenters. The lowest BCUT2D eigenvalue weighted by Crippen LogP contribution is -2.31. The number of carbonyl (C=O) groups is 1. The molecule has 4 heterocycles. The zero-order valence-electron chi connectivity index (χ0n) is 14.2. The molecule has 0 aliphatic heterocycles. The number of aromatic nitrogens is 7. The highest BCUT2D eigenvalue weighted by atomic mass is 16.5. The summed E-state index contributed by atoms with van der Waals surface area (Å²) in [5.41, 5.74) is 1.27. The Labute approximate surface area is 147 Å². The number of fused-ring (bicyclic) bond motifs is 1. The number of nitrogens with zero attached hydrogens (tertiary/aromatic N) is 7. The minimum atomic E-state index is -0.416. The quantitative estimate of drug-likeness (QED) is 0.573. The Morgan fingerprint density at radius 2 is 2.19 bits per heavy atom. The van der Waals surface area contributed by atoms with Crippen LogP contribution in [0.4, 0.5) is 0 Å². The number of amides is 1. The lowest BCUT2D eigenvalue weighted by atomic mass is 10.2. The number of hydrogen-bond donors (Lipinski definition) is 1. The van der Waals surface area contributed by atoms with Crippen molar-refractivity contribution in [3.8, 4) is 11.5 Å². The van der Waals surface area contributed by atoms with Gasteiger partial charge in [-0.25, -0.2) is 0 Å². The van der Waals surface area contributed by atoms with Gasteiger partial charge in [-0.15, -0.1) is 10.2 Å². The number of nitrogens with one attached hydrogen (secondary N) is 1. The number of pyridine rings is 1. The Kier molecular flexibility index (Phi) is 3.92. The van der Waals surface area contributed by atoms with Crippen LogP contribution in [-0.2, 0) is 11.3 Å². The van der Waals surface area contributed by atoms with Gasteiger partial charge < -0.3 is 9.84 Å². The van der Waals surface area contributed by atoms with E-state index in [1.807, 2.05) is 18.3 Å². The number of rotatable bonds is 5. The SMILES string of the molecule is Cc1noc(-c2cccn3c(CNC(=O)[C@H](C)n4cccn4)nnc23)n1.